The Morgan fingerprint density at radius 3 is 2.97 bits per heavy atom. The number of thioether (sulfide) groups is 1. The number of hydrogen-bond donors (Lipinski definition) is 2. The normalized spacial score (nSPS) is 17.4. The molecule has 10 heteroatoms. The van der Waals surface area contributed by atoms with Crippen molar-refractivity contribution in [2.45, 2.75) is 50.7 Å². The maximum atomic E-state index is 12.5. The summed E-state index contributed by atoms with van der Waals surface area (Å²) >= 11 is 4.35. The van der Waals surface area contributed by atoms with Crippen molar-refractivity contribution < 1.29 is 14.0 Å². The quantitative estimate of drug-likeness (QED) is 0.515. The van der Waals surface area contributed by atoms with Crippen LogP contribution in [-0.2, 0) is 30.5 Å². The van der Waals surface area contributed by atoms with Gasteiger partial charge in [0, 0.05) is 9.75 Å². The second-order valence-corrected chi connectivity index (χ2v) is 11.2. The van der Waals surface area contributed by atoms with Crippen LogP contribution in [0.25, 0.3) is 10.8 Å². The van der Waals surface area contributed by atoms with Gasteiger partial charge in [0.05, 0.1) is 16.2 Å². The van der Waals surface area contributed by atoms with E-state index in [1.165, 1.54) is 40.0 Å². The minimum absolute atomic E-state index is 0.112. The summed E-state index contributed by atoms with van der Waals surface area (Å²) in [6.07, 6.45) is 6.22. The SMILES string of the molecule is C[C@H]1CCc2sc(-c3nnc(SCC(=O)Nc4sc5c(c4C(N)=O)CCC5)o3)cc2C1. The van der Waals surface area contributed by atoms with Crippen molar-refractivity contribution in [1.29, 1.82) is 0 Å². The molecule has 3 N–H and O–H groups in total. The molecule has 0 bridgehead atoms. The number of fused-ring (bicyclic) bond motifs is 2. The summed E-state index contributed by atoms with van der Waals surface area (Å²) in [6.45, 7) is 2.28. The molecule has 2 aliphatic carbocycles. The van der Waals surface area contributed by atoms with Gasteiger partial charge in [0.25, 0.3) is 17.0 Å². The van der Waals surface area contributed by atoms with Gasteiger partial charge in [-0.15, -0.1) is 32.9 Å². The maximum Gasteiger partial charge on any atom is 0.277 e. The molecule has 0 radical (unpaired) electrons. The Hall–Kier alpha value is -2.17. The Labute approximate surface area is 191 Å². The monoisotopic (exact) mass is 474 g/mol. The van der Waals surface area contributed by atoms with E-state index in [4.69, 9.17) is 10.2 Å². The molecule has 2 amide bonds. The molecule has 2 aliphatic rings. The second-order valence-electron chi connectivity index (χ2n) is 8.04. The zero-order valence-corrected chi connectivity index (χ0v) is 19.5. The van der Waals surface area contributed by atoms with E-state index in [-0.39, 0.29) is 11.7 Å². The van der Waals surface area contributed by atoms with Crippen LogP contribution in [0, 0.1) is 5.92 Å². The third-order valence-electron chi connectivity index (χ3n) is 5.69. The first-order chi connectivity index (χ1) is 15.0. The van der Waals surface area contributed by atoms with E-state index < -0.39 is 5.91 Å². The van der Waals surface area contributed by atoms with Gasteiger partial charge in [-0.1, -0.05) is 18.7 Å². The molecule has 0 spiro atoms. The third-order valence-corrected chi connectivity index (χ3v) is 8.94. The summed E-state index contributed by atoms with van der Waals surface area (Å²) < 4.78 is 5.79. The van der Waals surface area contributed by atoms with Gasteiger partial charge in [-0.25, -0.2) is 0 Å². The number of rotatable bonds is 6. The number of thiophene rings is 2. The lowest BCUT2D eigenvalue weighted by molar-refractivity contribution is -0.113. The molecule has 1 atom stereocenters. The first kappa shape index (κ1) is 20.7. The molecule has 3 aromatic rings. The highest BCUT2D eigenvalue weighted by Gasteiger charge is 2.26. The van der Waals surface area contributed by atoms with E-state index in [0.717, 1.165) is 47.4 Å². The molecule has 31 heavy (non-hydrogen) atoms. The van der Waals surface area contributed by atoms with Crippen molar-refractivity contribution >= 4 is 51.3 Å². The Kier molecular flexibility index (Phi) is 5.61. The summed E-state index contributed by atoms with van der Waals surface area (Å²) in [7, 11) is 0. The van der Waals surface area contributed by atoms with Crippen LogP contribution in [0.15, 0.2) is 15.7 Å². The highest BCUT2D eigenvalue weighted by Crippen LogP contribution is 2.39. The number of carbonyl (C=O) groups is 2. The molecule has 0 fully saturated rings. The number of amides is 2. The van der Waals surface area contributed by atoms with E-state index >= 15 is 0 Å². The molecule has 0 aromatic carbocycles. The maximum absolute atomic E-state index is 12.5. The Bertz CT molecular complexity index is 1160. The predicted octanol–water partition coefficient (Wildman–Crippen LogP) is 4.30. The average molecular weight is 475 g/mol. The molecular weight excluding hydrogens is 452 g/mol. The molecule has 5 rings (SSSR count). The zero-order valence-electron chi connectivity index (χ0n) is 17.0. The van der Waals surface area contributed by atoms with Gasteiger partial charge in [-0.3, -0.25) is 9.59 Å². The topological polar surface area (TPSA) is 111 Å². The van der Waals surface area contributed by atoms with Crippen molar-refractivity contribution in [3.63, 3.8) is 0 Å². The fourth-order valence-corrected chi connectivity index (χ4v) is 7.23. The Morgan fingerprint density at radius 2 is 2.13 bits per heavy atom. The summed E-state index contributed by atoms with van der Waals surface area (Å²) in [5.41, 5.74) is 8.40. The zero-order chi connectivity index (χ0) is 21.5. The predicted molar refractivity (Wildman–Crippen MR) is 123 cm³/mol. The van der Waals surface area contributed by atoms with Gasteiger partial charge in [-0.2, -0.15) is 0 Å². The van der Waals surface area contributed by atoms with Crippen molar-refractivity contribution in [1.82, 2.24) is 10.2 Å². The number of nitrogens with two attached hydrogens (primary N) is 1. The molecule has 7 nitrogen and oxygen atoms in total. The second kappa shape index (κ2) is 8.40. The van der Waals surface area contributed by atoms with Crippen LogP contribution in [0.1, 0.15) is 51.0 Å². The van der Waals surface area contributed by atoms with Crippen LogP contribution >= 0.6 is 34.4 Å². The van der Waals surface area contributed by atoms with Crippen LogP contribution in [0.3, 0.4) is 0 Å². The van der Waals surface area contributed by atoms with Crippen LogP contribution in [-0.4, -0.2) is 27.8 Å². The fourth-order valence-electron chi connectivity index (χ4n) is 4.22. The molecule has 3 heterocycles. The van der Waals surface area contributed by atoms with E-state index in [1.54, 1.807) is 11.3 Å². The van der Waals surface area contributed by atoms with Crippen LogP contribution in [0.5, 0.6) is 0 Å². The largest absolute Gasteiger partial charge is 0.410 e. The van der Waals surface area contributed by atoms with Crippen molar-refractivity contribution in [2.75, 3.05) is 11.1 Å². The summed E-state index contributed by atoms with van der Waals surface area (Å²) in [6, 6.07) is 2.16. The molecule has 162 valence electrons. The summed E-state index contributed by atoms with van der Waals surface area (Å²) in [5, 5.41) is 12.0. The number of carbonyl (C=O) groups excluding carboxylic acids is 2. The number of aryl methyl sites for hydroxylation is 2. The van der Waals surface area contributed by atoms with Crippen molar-refractivity contribution in [3.05, 3.63) is 32.5 Å². The Balaban J connectivity index is 1.22. The van der Waals surface area contributed by atoms with Crippen LogP contribution in [0.4, 0.5) is 5.00 Å². The number of aromatic nitrogens is 2. The Morgan fingerprint density at radius 1 is 1.26 bits per heavy atom. The van der Waals surface area contributed by atoms with E-state index in [2.05, 4.69) is 28.5 Å². The lowest BCUT2D eigenvalue weighted by Gasteiger charge is -2.16. The van der Waals surface area contributed by atoms with E-state index in [0.29, 0.717) is 27.6 Å². The molecule has 3 aromatic heterocycles. The van der Waals surface area contributed by atoms with Gasteiger partial charge in [0.2, 0.25) is 5.91 Å². The lowest BCUT2D eigenvalue weighted by Crippen LogP contribution is -2.18. The minimum Gasteiger partial charge on any atom is -0.410 e. The number of nitrogens with zero attached hydrogens (tertiary/aromatic N) is 2. The smallest absolute Gasteiger partial charge is 0.277 e. The van der Waals surface area contributed by atoms with Gasteiger partial charge in [0.15, 0.2) is 0 Å². The molecule has 0 unspecified atom stereocenters. The highest BCUT2D eigenvalue weighted by atomic mass is 32.2. The average Bonchev–Trinajstić information content (AvgIpc) is 3.48. The standard InChI is InChI=1S/C21H22N4O3S3/c1-10-5-6-13-11(7-10)8-15(30-13)19-24-25-21(28-19)29-9-16(26)23-20-17(18(22)27)12-3-2-4-14(12)31-20/h8,10H,2-7,9H2,1H3,(H2,22,27)(H,23,26)/t10-/m0/s1. The third kappa shape index (κ3) is 4.16. The first-order valence-corrected chi connectivity index (χ1v) is 12.9. The molecule has 0 saturated heterocycles. The van der Waals surface area contributed by atoms with Gasteiger partial charge in [-0.05, 0) is 61.6 Å². The van der Waals surface area contributed by atoms with Gasteiger partial charge >= 0.3 is 0 Å². The lowest BCUT2D eigenvalue weighted by atomic mass is 9.90. The molecule has 0 aliphatic heterocycles. The van der Waals surface area contributed by atoms with E-state index in [1.807, 2.05) is 0 Å². The first-order valence-electron chi connectivity index (χ1n) is 10.3. The molecular formula is C21H22N4O3S3. The van der Waals surface area contributed by atoms with Crippen molar-refractivity contribution in [2.24, 2.45) is 11.7 Å². The van der Waals surface area contributed by atoms with Crippen LogP contribution in [0.2, 0.25) is 0 Å². The fraction of sp³-hybridized carbons (Fsp3) is 0.429. The van der Waals surface area contributed by atoms with E-state index in [9.17, 15) is 9.59 Å². The van der Waals surface area contributed by atoms with Gasteiger partial charge < -0.3 is 15.5 Å². The molecule has 0 saturated carbocycles. The number of nitrogens with one attached hydrogen (secondary N) is 1. The summed E-state index contributed by atoms with van der Waals surface area (Å²) in [4.78, 5) is 27.9. The number of hydrogen-bond acceptors (Lipinski definition) is 8. The summed E-state index contributed by atoms with van der Waals surface area (Å²) in [5.74, 6) is 0.605. The van der Waals surface area contributed by atoms with Crippen molar-refractivity contribution in [3.8, 4) is 10.8 Å². The number of anilines is 1. The minimum atomic E-state index is -0.489. The van der Waals surface area contributed by atoms with Crippen LogP contribution < -0.4 is 11.1 Å². The highest BCUT2D eigenvalue weighted by molar-refractivity contribution is 7.99. The van der Waals surface area contributed by atoms with Gasteiger partial charge in [0.1, 0.15) is 5.00 Å². The number of primary amides is 1.